The number of allylic oxidation sites excluding steroid dienone is 2. The van der Waals surface area contributed by atoms with Crippen LogP contribution in [0.15, 0.2) is 57.8 Å². The van der Waals surface area contributed by atoms with Gasteiger partial charge < -0.3 is 0 Å². The summed E-state index contributed by atoms with van der Waals surface area (Å²) < 4.78 is 0.850. The first-order valence-electron chi connectivity index (χ1n) is 10.4. The van der Waals surface area contributed by atoms with Crippen molar-refractivity contribution in [2.24, 2.45) is 4.99 Å². The summed E-state index contributed by atoms with van der Waals surface area (Å²) in [6, 6.07) is 12.5. The molecule has 0 fully saturated rings. The van der Waals surface area contributed by atoms with E-state index in [0.29, 0.717) is 0 Å². The van der Waals surface area contributed by atoms with E-state index in [4.69, 9.17) is 9.98 Å². The van der Waals surface area contributed by atoms with Crippen LogP contribution in [-0.4, -0.2) is 11.2 Å². The van der Waals surface area contributed by atoms with Crippen molar-refractivity contribution in [2.45, 2.75) is 73.1 Å². The quantitative estimate of drug-likeness (QED) is 0.313. The molecule has 0 aliphatic carbocycles. The van der Waals surface area contributed by atoms with Crippen LogP contribution in [0, 0.1) is 13.8 Å². The fourth-order valence-corrected chi connectivity index (χ4v) is 3.11. The average Bonchev–Trinajstić information content (AvgIpc) is 2.70. The van der Waals surface area contributed by atoms with Crippen LogP contribution >= 0.6 is 15.9 Å². The number of pyridine rings is 1. The van der Waals surface area contributed by atoms with Crippen LogP contribution in [-0.2, 0) is 0 Å². The van der Waals surface area contributed by atoms with Gasteiger partial charge in [0.1, 0.15) is 4.60 Å². The molecule has 0 saturated carbocycles. The molecule has 2 rings (SSSR count). The summed E-state index contributed by atoms with van der Waals surface area (Å²) in [4.78, 5) is 9.49. The summed E-state index contributed by atoms with van der Waals surface area (Å²) in [6.07, 6.45) is 8.85. The van der Waals surface area contributed by atoms with Crippen LogP contribution < -0.4 is 0 Å². The van der Waals surface area contributed by atoms with Crippen LogP contribution in [0.3, 0.4) is 0 Å². The first-order chi connectivity index (χ1) is 13.5. The molecule has 0 N–H and O–H groups in total. The molecule has 0 spiro atoms. The van der Waals surface area contributed by atoms with Gasteiger partial charge >= 0.3 is 0 Å². The number of aryl methyl sites for hydroxylation is 1. The third-order valence-electron chi connectivity index (χ3n) is 4.74. The lowest BCUT2D eigenvalue weighted by Gasteiger charge is -2.21. The van der Waals surface area contributed by atoms with Gasteiger partial charge in [-0.25, -0.2) is 4.98 Å². The molecule has 152 valence electrons. The highest BCUT2D eigenvalue weighted by Gasteiger charge is 2.22. The standard InChI is InChI=1S/C21H25BrN2.C4H10/c1-5-7-14-23-18(6-2)21(19-12-9-13-20(22)24-19)17-11-8-10-15(3)16(17)4;1-3-4-2/h6,8-14,21H,5,7H2,1-4H3;3-4H2,1-2H3/b18-6-,23-14?;. The maximum absolute atomic E-state index is 4.77. The molecule has 0 saturated heterocycles. The smallest absolute Gasteiger partial charge is 0.106 e. The van der Waals surface area contributed by atoms with Crippen molar-refractivity contribution in [2.75, 3.05) is 0 Å². The van der Waals surface area contributed by atoms with Crippen molar-refractivity contribution in [1.29, 1.82) is 0 Å². The Morgan fingerprint density at radius 3 is 2.29 bits per heavy atom. The Hall–Kier alpha value is -1.74. The highest BCUT2D eigenvalue weighted by Crippen LogP contribution is 2.35. The van der Waals surface area contributed by atoms with Crippen LogP contribution in [0.1, 0.15) is 81.7 Å². The molecule has 1 atom stereocenters. The van der Waals surface area contributed by atoms with E-state index < -0.39 is 0 Å². The third-order valence-corrected chi connectivity index (χ3v) is 5.18. The topological polar surface area (TPSA) is 25.2 Å². The third kappa shape index (κ3) is 7.35. The minimum atomic E-state index is 0.0421. The number of benzene rings is 1. The van der Waals surface area contributed by atoms with Gasteiger partial charge in [0.25, 0.3) is 0 Å². The van der Waals surface area contributed by atoms with Crippen molar-refractivity contribution in [3.63, 3.8) is 0 Å². The number of nitrogens with zero attached hydrogens (tertiary/aromatic N) is 2. The second kappa shape index (κ2) is 13.4. The first kappa shape index (κ1) is 24.3. The van der Waals surface area contributed by atoms with E-state index in [9.17, 15) is 0 Å². The molecule has 0 aliphatic heterocycles. The Labute approximate surface area is 180 Å². The highest BCUT2D eigenvalue weighted by atomic mass is 79.9. The Balaban J connectivity index is 0.000000892. The normalized spacial score (nSPS) is 12.6. The maximum Gasteiger partial charge on any atom is 0.106 e. The minimum absolute atomic E-state index is 0.0421. The Morgan fingerprint density at radius 1 is 1.04 bits per heavy atom. The average molecular weight is 443 g/mol. The number of aromatic nitrogens is 1. The van der Waals surface area contributed by atoms with Crippen LogP contribution in [0.25, 0.3) is 0 Å². The molecular formula is C25H35BrN2. The van der Waals surface area contributed by atoms with E-state index in [1.54, 1.807) is 0 Å². The summed E-state index contributed by atoms with van der Waals surface area (Å²) in [6.45, 7) is 12.9. The van der Waals surface area contributed by atoms with E-state index >= 15 is 0 Å². The molecule has 1 aromatic heterocycles. The zero-order valence-electron chi connectivity index (χ0n) is 18.3. The number of aliphatic imine (C=N–C) groups is 1. The molecule has 1 heterocycles. The van der Waals surface area contributed by atoms with Crippen molar-refractivity contribution >= 4 is 22.1 Å². The molecule has 0 radical (unpaired) electrons. The van der Waals surface area contributed by atoms with E-state index in [0.717, 1.165) is 28.8 Å². The van der Waals surface area contributed by atoms with Crippen molar-refractivity contribution in [3.8, 4) is 0 Å². The molecule has 0 amide bonds. The second-order valence-electron chi connectivity index (χ2n) is 6.92. The number of unbranched alkanes of at least 4 members (excludes halogenated alkanes) is 2. The second-order valence-corrected chi connectivity index (χ2v) is 7.73. The number of halogens is 1. The lowest BCUT2D eigenvalue weighted by molar-refractivity contribution is 0.861. The van der Waals surface area contributed by atoms with Gasteiger partial charge in [0.05, 0.1) is 11.6 Å². The predicted octanol–water partition coefficient (Wildman–Crippen LogP) is 8.17. The summed E-state index contributed by atoms with van der Waals surface area (Å²) in [7, 11) is 0. The van der Waals surface area contributed by atoms with Gasteiger partial charge in [-0.1, -0.05) is 70.4 Å². The fourth-order valence-electron chi connectivity index (χ4n) is 2.76. The molecule has 2 nitrogen and oxygen atoms in total. The Morgan fingerprint density at radius 2 is 1.71 bits per heavy atom. The van der Waals surface area contributed by atoms with Gasteiger partial charge in [-0.05, 0) is 71.9 Å². The Kier molecular flexibility index (Phi) is 11.7. The predicted molar refractivity (Wildman–Crippen MR) is 127 cm³/mol. The first-order valence-corrected chi connectivity index (χ1v) is 11.2. The van der Waals surface area contributed by atoms with Gasteiger partial charge in [0, 0.05) is 11.9 Å². The molecule has 0 bridgehead atoms. The zero-order chi connectivity index (χ0) is 20.9. The lowest BCUT2D eigenvalue weighted by Crippen LogP contribution is -2.09. The molecule has 0 aliphatic rings. The molecule has 3 heteroatoms. The zero-order valence-corrected chi connectivity index (χ0v) is 19.9. The van der Waals surface area contributed by atoms with E-state index in [-0.39, 0.29) is 5.92 Å². The molecule has 1 unspecified atom stereocenters. The Bertz CT molecular complexity index is 776. The summed E-state index contributed by atoms with van der Waals surface area (Å²) in [5.41, 5.74) is 5.92. The minimum Gasteiger partial charge on any atom is -0.265 e. The van der Waals surface area contributed by atoms with Crippen LogP contribution in [0.2, 0.25) is 0 Å². The summed E-state index contributed by atoms with van der Waals surface area (Å²) >= 11 is 3.50. The lowest BCUT2D eigenvalue weighted by atomic mass is 9.87. The summed E-state index contributed by atoms with van der Waals surface area (Å²) in [5.74, 6) is 0.0421. The van der Waals surface area contributed by atoms with Gasteiger partial charge in [-0.15, -0.1) is 0 Å². The van der Waals surface area contributed by atoms with Gasteiger partial charge in [0.15, 0.2) is 0 Å². The van der Waals surface area contributed by atoms with E-state index in [2.05, 4.69) is 87.8 Å². The fraction of sp³-hybridized carbons (Fsp3) is 0.440. The van der Waals surface area contributed by atoms with Crippen molar-refractivity contribution < 1.29 is 0 Å². The number of rotatable bonds is 7. The van der Waals surface area contributed by atoms with Crippen LogP contribution in [0.4, 0.5) is 0 Å². The van der Waals surface area contributed by atoms with Gasteiger partial charge in [-0.2, -0.15) is 0 Å². The van der Waals surface area contributed by atoms with Gasteiger partial charge in [0.2, 0.25) is 0 Å². The van der Waals surface area contributed by atoms with E-state index in [1.807, 2.05) is 18.3 Å². The molecule has 1 aromatic carbocycles. The maximum atomic E-state index is 4.77. The van der Waals surface area contributed by atoms with E-state index in [1.165, 1.54) is 29.5 Å². The largest absolute Gasteiger partial charge is 0.265 e. The number of hydrogen-bond donors (Lipinski definition) is 0. The van der Waals surface area contributed by atoms with Crippen LogP contribution in [0.5, 0.6) is 0 Å². The summed E-state index contributed by atoms with van der Waals surface area (Å²) in [5, 5.41) is 0. The SMILES string of the molecule is C/C=C(\N=CCCC)C(c1cccc(Br)n1)c1cccc(C)c1C.CCCC. The van der Waals surface area contributed by atoms with Crippen molar-refractivity contribution in [3.05, 3.63) is 75.2 Å². The van der Waals surface area contributed by atoms with Crippen molar-refractivity contribution in [1.82, 2.24) is 4.98 Å². The van der Waals surface area contributed by atoms with Gasteiger partial charge in [-0.3, -0.25) is 4.99 Å². The molecule has 28 heavy (non-hydrogen) atoms. The monoisotopic (exact) mass is 442 g/mol. The molecule has 2 aromatic rings. The number of hydrogen-bond acceptors (Lipinski definition) is 2. The highest BCUT2D eigenvalue weighted by molar-refractivity contribution is 9.10. The molecular weight excluding hydrogens is 408 g/mol.